The van der Waals surface area contributed by atoms with Gasteiger partial charge in [-0.15, -0.1) is 0 Å². The minimum Gasteiger partial charge on any atom is -0.351 e. The Labute approximate surface area is 56.0 Å². The first-order valence-electron chi connectivity index (χ1n) is 2.84. The maximum atomic E-state index is 3.99. The van der Waals surface area contributed by atoms with Crippen molar-refractivity contribution in [1.82, 2.24) is 5.32 Å². The Kier molecular flexibility index (Phi) is 4.50. The molecule has 2 nitrogen and oxygen atoms in total. The second-order valence-electron chi connectivity index (χ2n) is 1.55. The average molecular weight is 124 g/mol. The molecule has 0 spiro atoms. The van der Waals surface area contributed by atoms with Gasteiger partial charge in [0.15, 0.2) is 0 Å². The van der Waals surface area contributed by atoms with E-state index in [2.05, 4.69) is 16.9 Å². The van der Waals surface area contributed by atoms with Crippen molar-refractivity contribution < 1.29 is 0 Å². The highest BCUT2D eigenvalue weighted by molar-refractivity contribution is 5.80. The molecule has 0 radical (unpaired) electrons. The topological polar surface area (TPSA) is 24.4 Å². The minimum absolute atomic E-state index is 0.850. The number of rotatable bonds is 2. The van der Waals surface area contributed by atoms with E-state index in [0.717, 1.165) is 5.84 Å². The summed E-state index contributed by atoms with van der Waals surface area (Å²) in [6.45, 7) is 7.29. The monoisotopic (exact) mass is 124 g/mol. The number of nitrogens with one attached hydrogen (secondary N) is 1. The molecule has 9 heavy (non-hydrogen) atoms. The van der Waals surface area contributed by atoms with Gasteiger partial charge in [-0.25, -0.2) is 4.99 Å². The van der Waals surface area contributed by atoms with Crippen LogP contribution in [0.5, 0.6) is 0 Å². The Morgan fingerprint density at radius 3 is 2.78 bits per heavy atom. The quantitative estimate of drug-likeness (QED) is 0.439. The Morgan fingerprint density at radius 1 is 1.67 bits per heavy atom. The standard InChI is InChI=1S/C7H12N2/c1-4-6-9-7(3)8-5-2/h4-6H,2H2,1,3H3,(H,8,9). The Bertz CT molecular complexity index is 134. The van der Waals surface area contributed by atoms with Gasteiger partial charge in [-0.05, 0) is 20.0 Å². The normalized spacial score (nSPS) is 12.0. The van der Waals surface area contributed by atoms with Crippen molar-refractivity contribution in [2.75, 3.05) is 0 Å². The van der Waals surface area contributed by atoms with Crippen LogP contribution in [0.15, 0.2) is 30.0 Å². The van der Waals surface area contributed by atoms with Crippen LogP contribution >= 0.6 is 0 Å². The van der Waals surface area contributed by atoms with Gasteiger partial charge in [0, 0.05) is 6.20 Å². The zero-order chi connectivity index (χ0) is 7.11. The van der Waals surface area contributed by atoms with Crippen molar-refractivity contribution >= 4 is 5.84 Å². The van der Waals surface area contributed by atoms with E-state index in [1.807, 2.05) is 19.9 Å². The summed E-state index contributed by atoms with van der Waals surface area (Å²) in [5.74, 6) is 0.850. The van der Waals surface area contributed by atoms with Gasteiger partial charge >= 0.3 is 0 Å². The lowest BCUT2D eigenvalue weighted by Gasteiger charge is -1.93. The van der Waals surface area contributed by atoms with Crippen LogP contribution in [-0.2, 0) is 0 Å². The van der Waals surface area contributed by atoms with Gasteiger partial charge in [-0.2, -0.15) is 0 Å². The number of nitrogens with zero attached hydrogens (tertiary/aromatic N) is 1. The molecule has 0 fully saturated rings. The van der Waals surface area contributed by atoms with Crippen molar-refractivity contribution in [1.29, 1.82) is 0 Å². The largest absolute Gasteiger partial charge is 0.351 e. The van der Waals surface area contributed by atoms with Gasteiger partial charge < -0.3 is 5.32 Å². The highest BCUT2D eigenvalue weighted by Crippen LogP contribution is 1.75. The summed E-state index contributed by atoms with van der Waals surface area (Å²) in [5, 5.41) is 2.84. The first kappa shape index (κ1) is 7.95. The van der Waals surface area contributed by atoms with E-state index < -0.39 is 0 Å². The lowest BCUT2D eigenvalue weighted by Crippen LogP contribution is -2.11. The number of allylic oxidation sites excluding steroid dienone is 1. The van der Waals surface area contributed by atoms with Gasteiger partial charge in [0.2, 0.25) is 0 Å². The van der Waals surface area contributed by atoms with Crippen LogP contribution in [0.2, 0.25) is 0 Å². The lowest BCUT2D eigenvalue weighted by molar-refractivity contribution is 1.24. The van der Waals surface area contributed by atoms with E-state index in [0.29, 0.717) is 0 Å². The van der Waals surface area contributed by atoms with Crippen LogP contribution in [0.4, 0.5) is 0 Å². The molecule has 0 saturated carbocycles. The van der Waals surface area contributed by atoms with Crippen LogP contribution in [-0.4, -0.2) is 5.84 Å². The summed E-state index contributed by atoms with van der Waals surface area (Å²) >= 11 is 0. The smallest absolute Gasteiger partial charge is 0.102 e. The van der Waals surface area contributed by atoms with E-state index in [1.165, 1.54) is 0 Å². The van der Waals surface area contributed by atoms with E-state index in [1.54, 1.807) is 12.4 Å². The van der Waals surface area contributed by atoms with Crippen LogP contribution < -0.4 is 5.32 Å². The number of aliphatic imine (C=N–C) groups is 1. The summed E-state index contributed by atoms with van der Waals surface area (Å²) in [6, 6.07) is 0. The zero-order valence-corrected chi connectivity index (χ0v) is 5.89. The predicted octanol–water partition coefficient (Wildman–Crippen LogP) is 1.67. The molecule has 0 rings (SSSR count). The van der Waals surface area contributed by atoms with Crippen LogP contribution in [0.25, 0.3) is 0 Å². The molecule has 1 N–H and O–H groups in total. The number of amidine groups is 1. The fourth-order valence-corrected chi connectivity index (χ4v) is 0.371. The minimum atomic E-state index is 0.850. The molecule has 0 aliphatic rings. The van der Waals surface area contributed by atoms with Crippen LogP contribution in [0, 0.1) is 0 Å². The molecule has 0 heterocycles. The number of hydrogen-bond acceptors (Lipinski definition) is 1. The fourth-order valence-electron chi connectivity index (χ4n) is 0.371. The summed E-state index contributed by atoms with van der Waals surface area (Å²) < 4.78 is 0. The molecular formula is C7H12N2. The first-order valence-corrected chi connectivity index (χ1v) is 2.84. The fraction of sp³-hybridized carbons (Fsp3) is 0.286. The second-order valence-corrected chi connectivity index (χ2v) is 1.55. The molecule has 0 aliphatic carbocycles. The van der Waals surface area contributed by atoms with E-state index in [9.17, 15) is 0 Å². The highest BCUT2D eigenvalue weighted by Gasteiger charge is 1.76. The van der Waals surface area contributed by atoms with Gasteiger partial charge in [0.25, 0.3) is 0 Å². The van der Waals surface area contributed by atoms with Crippen molar-refractivity contribution in [3.63, 3.8) is 0 Å². The molecule has 0 saturated heterocycles. The third kappa shape index (κ3) is 4.81. The first-order chi connectivity index (χ1) is 4.31. The van der Waals surface area contributed by atoms with Gasteiger partial charge in [0.05, 0.1) is 0 Å². The zero-order valence-electron chi connectivity index (χ0n) is 5.89. The summed E-state index contributed by atoms with van der Waals surface area (Å²) in [7, 11) is 0. The third-order valence-electron chi connectivity index (χ3n) is 0.728. The maximum Gasteiger partial charge on any atom is 0.102 e. The molecule has 2 heteroatoms. The van der Waals surface area contributed by atoms with Crippen LogP contribution in [0.3, 0.4) is 0 Å². The van der Waals surface area contributed by atoms with Gasteiger partial charge in [-0.3, -0.25) is 0 Å². The molecule has 0 aromatic carbocycles. The van der Waals surface area contributed by atoms with Gasteiger partial charge in [-0.1, -0.05) is 12.7 Å². The van der Waals surface area contributed by atoms with Crippen molar-refractivity contribution in [2.45, 2.75) is 13.8 Å². The average Bonchev–Trinajstić information content (AvgIpc) is 1.85. The molecule has 50 valence electrons. The van der Waals surface area contributed by atoms with E-state index >= 15 is 0 Å². The molecule has 0 aliphatic heterocycles. The van der Waals surface area contributed by atoms with Crippen molar-refractivity contribution in [3.8, 4) is 0 Å². The highest BCUT2D eigenvalue weighted by atomic mass is 14.9. The van der Waals surface area contributed by atoms with E-state index in [-0.39, 0.29) is 0 Å². The Hall–Kier alpha value is -1.05. The predicted molar refractivity (Wildman–Crippen MR) is 41.3 cm³/mol. The molecule has 0 aromatic heterocycles. The van der Waals surface area contributed by atoms with Crippen molar-refractivity contribution in [3.05, 3.63) is 25.1 Å². The third-order valence-corrected chi connectivity index (χ3v) is 0.728. The molecule has 0 aromatic rings. The number of hydrogen-bond donors (Lipinski definition) is 1. The van der Waals surface area contributed by atoms with Gasteiger partial charge in [0.1, 0.15) is 5.84 Å². The summed E-state index contributed by atoms with van der Waals surface area (Å²) in [5.41, 5.74) is 0. The molecule has 0 unspecified atom stereocenters. The van der Waals surface area contributed by atoms with Crippen molar-refractivity contribution in [2.24, 2.45) is 4.99 Å². The molecule has 0 bridgehead atoms. The lowest BCUT2D eigenvalue weighted by atomic mass is 10.6. The molecular weight excluding hydrogens is 112 g/mol. The van der Waals surface area contributed by atoms with Crippen LogP contribution in [0.1, 0.15) is 13.8 Å². The van der Waals surface area contributed by atoms with E-state index in [4.69, 9.17) is 0 Å². The Morgan fingerprint density at radius 2 is 2.33 bits per heavy atom. The summed E-state index contributed by atoms with van der Waals surface area (Å²) in [6.07, 6.45) is 5.20. The molecule has 0 amide bonds. The summed E-state index contributed by atoms with van der Waals surface area (Å²) in [4.78, 5) is 3.99. The molecule has 0 atom stereocenters. The maximum absolute atomic E-state index is 3.99. The second kappa shape index (κ2) is 5.09. The SMILES string of the molecule is C=CNC(C)=NC=CC. The Balaban J connectivity index is 3.68.